The van der Waals surface area contributed by atoms with Crippen LogP contribution in [-0.2, 0) is 20.7 Å². The maximum absolute atomic E-state index is 12.3. The SMILES string of the molecule is C.CC1(C)CCCCCCCCCCC1.CC1(C)c2ccccc2-c2ccccc21.Cc1ccc(-c2ccc(C)cc2)cc1.Cc1ccc(C(=O)c2ccc(C)cc2)cc1.Cc1ccc(C(C)(C)c2ccc(C)cc2)cc1.Cc1ccc(S(=O)(=O)c2ccc(C)cc2)cc1. The van der Waals surface area contributed by atoms with Gasteiger partial charge in [0.25, 0.3) is 0 Å². The highest BCUT2D eigenvalue weighted by molar-refractivity contribution is 7.91. The summed E-state index contributed by atoms with van der Waals surface area (Å²) in [7, 11) is -3.37. The van der Waals surface area contributed by atoms with Crippen molar-refractivity contribution in [3.8, 4) is 22.3 Å². The van der Waals surface area contributed by atoms with Crippen LogP contribution in [0.15, 0.2) is 252 Å². The summed E-state index contributed by atoms with van der Waals surface area (Å²) in [5, 5.41) is 0. The molecule has 0 atom stereocenters. The third-order valence-corrected chi connectivity index (χ3v) is 20.3. The van der Waals surface area contributed by atoms with Gasteiger partial charge in [-0.2, -0.15) is 0 Å². The lowest BCUT2D eigenvalue weighted by atomic mass is 9.78. The van der Waals surface area contributed by atoms with Crippen LogP contribution in [0.4, 0.5) is 0 Å². The topological polar surface area (TPSA) is 51.2 Å². The average molecular weight is 1270 g/mol. The lowest BCUT2D eigenvalue weighted by molar-refractivity contribution is 0.103. The Morgan fingerprint density at radius 3 is 0.872 bits per heavy atom. The van der Waals surface area contributed by atoms with Crippen LogP contribution in [0.2, 0.25) is 0 Å². The van der Waals surface area contributed by atoms with Gasteiger partial charge >= 0.3 is 0 Å². The second kappa shape index (κ2) is 35.4. The minimum absolute atomic E-state index is 0. The molecular weight excluding hydrogens is 1160 g/mol. The Hall–Kier alpha value is -8.18. The highest BCUT2D eigenvalue weighted by Crippen LogP contribution is 2.48. The first-order chi connectivity index (χ1) is 44.3. The van der Waals surface area contributed by atoms with Crippen LogP contribution in [0.5, 0.6) is 0 Å². The second-order valence-corrected chi connectivity index (χ2v) is 29.8. The van der Waals surface area contributed by atoms with Gasteiger partial charge in [-0.1, -0.05) is 370 Å². The molecule has 0 bridgehead atoms. The van der Waals surface area contributed by atoms with Gasteiger partial charge in [0.1, 0.15) is 0 Å². The van der Waals surface area contributed by atoms with E-state index in [4.69, 9.17) is 0 Å². The third-order valence-electron chi connectivity index (χ3n) is 18.5. The van der Waals surface area contributed by atoms with Gasteiger partial charge in [0, 0.05) is 22.0 Å². The van der Waals surface area contributed by atoms with E-state index < -0.39 is 9.84 Å². The Balaban J connectivity index is 0.000000179. The van der Waals surface area contributed by atoms with Crippen LogP contribution in [-0.4, -0.2) is 14.2 Å². The van der Waals surface area contributed by atoms with Gasteiger partial charge in [-0.15, -0.1) is 0 Å². The lowest BCUT2D eigenvalue weighted by Crippen LogP contribution is -2.18. The van der Waals surface area contributed by atoms with Crippen LogP contribution in [0.1, 0.15) is 202 Å². The number of benzene rings is 10. The predicted molar refractivity (Wildman–Crippen MR) is 405 cm³/mol. The molecule has 0 spiro atoms. The van der Waals surface area contributed by atoms with E-state index in [1.54, 1.807) is 48.5 Å². The molecule has 1 saturated carbocycles. The number of sulfone groups is 1. The molecule has 0 N–H and O–H groups in total. The van der Waals surface area contributed by atoms with Crippen molar-refractivity contribution in [1.82, 2.24) is 0 Å². The molecule has 10 aromatic carbocycles. The second-order valence-electron chi connectivity index (χ2n) is 27.8. The summed E-state index contributed by atoms with van der Waals surface area (Å²) in [4.78, 5) is 12.7. The van der Waals surface area contributed by atoms with Gasteiger partial charge < -0.3 is 0 Å². The van der Waals surface area contributed by atoms with Crippen molar-refractivity contribution >= 4 is 15.6 Å². The molecule has 1 fully saturated rings. The fourth-order valence-corrected chi connectivity index (χ4v) is 13.2. The first-order valence-electron chi connectivity index (χ1n) is 33.9. The van der Waals surface area contributed by atoms with Gasteiger partial charge in [-0.3, -0.25) is 4.79 Å². The normalized spacial score (nSPS) is 13.8. The molecule has 0 aliphatic heterocycles. The number of hydrogen-bond donors (Lipinski definition) is 0. The molecule has 94 heavy (non-hydrogen) atoms. The van der Waals surface area contributed by atoms with Crippen LogP contribution < -0.4 is 0 Å². The van der Waals surface area contributed by atoms with Crippen molar-refractivity contribution in [3.63, 3.8) is 0 Å². The van der Waals surface area contributed by atoms with Crippen LogP contribution >= 0.6 is 0 Å². The Morgan fingerprint density at radius 2 is 0.574 bits per heavy atom. The van der Waals surface area contributed by atoms with Crippen LogP contribution in [0.25, 0.3) is 22.3 Å². The van der Waals surface area contributed by atoms with Gasteiger partial charge in [0.15, 0.2) is 5.78 Å². The van der Waals surface area contributed by atoms with Gasteiger partial charge in [-0.05, 0) is 142 Å². The zero-order valence-electron chi connectivity index (χ0n) is 58.5. The predicted octanol–water partition coefficient (Wildman–Crippen LogP) is 25.2. The fraction of sp³-hybridized carbons (Fsp3) is 0.322. The molecule has 2 aliphatic carbocycles. The number of aryl methyl sites for hydroxylation is 8. The van der Waals surface area contributed by atoms with Gasteiger partial charge in [-0.25, -0.2) is 8.42 Å². The van der Waals surface area contributed by atoms with Crippen LogP contribution in [0, 0.1) is 60.8 Å². The maximum Gasteiger partial charge on any atom is 0.206 e. The Bertz CT molecular complexity index is 3750. The maximum atomic E-state index is 12.3. The molecule has 0 aromatic heterocycles. The minimum Gasteiger partial charge on any atom is -0.289 e. The molecule has 0 heterocycles. The zero-order chi connectivity index (χ0) is 67.2. The zero-order valence-corrected chi connectivity index (χ0v) is 59.3. The summed E-state index contributed by atoms with van der Waals surface area (Å²) < 4.78 is 24.5. The fourth-order valence-electron chi connectivity index (χ4n) is 12.0. The summed E-state index contributed by atoms with van der Waals surface area (Å²) in [5.74, 6) is 0.0833. The number of fused-ring (bicyclic) bond motifs is 3. The van der Waals surface area contributed by atoms with E-state index in [0.717, 1.165) is 22.3 Å². The molecule has 10 aromatic rings. The smallest absolute Gasteiger partial charge is 0.206 e. The van der Waals surface area contributed by atoms with Crippen molar-refractivity contribution in [1.29, 1.82) is 0 Å². The third kappa shape index (κ3) is 22.0. The largest absolute Gasteiger partial charge is 0.289 e. The highest BCUT2D eigenvalue weighted by atomic mass is 32.2. The molecule has 0 radical (unpaired) electrons. The molecule has 3 nitrogen and oxygen atoms in total. The number of carbonyl (C=O) groups is 1. The molecule has 4 heteroatoms. The van der Waals surface area contributed by atoms with E-state index >= 15 is 0 Å². The molecule has 0 amide bonds. The minimum atomic E-state index is -3.37. The Labute approximate surface area is 569 Å². The molecule has 0 unspecified atom stereocenters. The van der Waals surface area contributed by atoms with Crippen molar-refractivity contribution in [3.05, 3.63) is 321 Å². The van der Waals surface area contributed by atoms with Gasteiger partial charge in [0.05, 0.1) is 9.79 Å². The summed E-state index contributed by atoms with van der Waals surface area (Å²) in [5.41, 5.74) is 23.0. The summed E-state index contributed by atoms with van der Waals surface area (Å²) >= 11 is 0. The van der Waals surface area contributed by atoms with E-state index in [-0.39, 0.29) is 24.0 Å². The quantitative estimate of drug-likeness (QED) is 0.149. The monoisotopic (exact) mass is 1270 g/mol. The van der Waals surface area contributed by atoms with E-state index in [9.17, 15) is 13.2 Å². The molecule has 2 aliphatic rings. The first-order valence-corrected chi connectivity index (χ1v) is 35.4. The van der Waals surface area contributed by atoms with Crippen molar-refractivity contribution < 1.29 is 13.2 Å². The number of rotatable bonds is 7. The molecular formula is C90H108O3S. The first kappa shape index (κ1) is 74.9. The van der Waals surface area contributed by atoms with Crippen molar-refractivity contribution in [2.45, 2.75) is 196 Å². The van der Waals surface area contributed by atoms with E-state index in [1.165, 1.54) is 149 Å². The van der Waals surface area contributed by atoms with Crippen molar-refractivity contribution in [2.24, 2.45) is 5.41 Å². The Kier molecular flexibility index (Phi) is 28.2. The molecule has 0 saturated heterocycles. The van der Waals surface area contributed by atoms with E-state index in [1.807, 2.05) is 76.2 Å². The molecule has 12 rings (SSSR count). The van der Waals surface area contributed by atoms with Gasteiger partial charge in [0.2, 0.25) is 9.84 Å². The number of ketones is 1. The van der Waals surface area contributed by atoms with E-state index in [2.05, 4.69) is 215 Å². The summed E-state index contributed by atoms with van der Waals surface area (Å²) in [6.07, 6.45) is 16.2. The summed E-state index contributed by atoms with van der Waals surface area (Å²) in [6.45, 7) is 30.4. The number of carbonyl (C=O) groups excluding carboxylic acids is 1. The number of hydrogen-bond acceptors (Lipinski definition) is 3. The van der Waals surface area contributed by atoms with Crippen molar-refractivity contribution in [2.75, 3.05) is 0 Å². The van der Waals surface area contributed by atoms with E-state index in [0.29, 0.717) is 15.2 Å². The lowest BCUT2D eigenvalue weighted by Gasteiger charge is -2.26. The summed E-state index contributed by atoms with van der Waals surface area (Å²) in [6, 6.07) is 81.5. The molecule has 492 valence electrons. The average Bonchev–Trinajstić information content (AvgIpc) is 1.59. The Morgan fingerprint density at radius 1 is 0.330 bits per heavy atom. The standard InChI is InChI=1S/C17H20.C15H14O.C15H14.C14H14O2S.C14H14.C14H28.CH4/c1-13-5-9-15(10-6-13)17(3,4)16-11-7-14(2)8-12-16;1-11-3-7-13(8-4-11)15(16)14-9-5-12(2)6-10-14;1-15(2)13-9-5-3-7-11(13)12-8-4-6-10-14(12)15;1-11-3-7-13(8-4-11)17(15,16)14-9-5-12(2)6-10-14;1-11-3-7-13(8-4-11)14-9-5-12(2)6-10-14;1-14(2)12-10-8-6-4-3-5-7-9-11-13-14;/h5-12H,1-4H3;3-10H,1-2H3;3-10H,1-2H3;3-10H,1-2H3;3-10H,1-2H3;3-13H2,1-2H3;1H4. The van der Waals surface area contributed by atoms with Crippen LogP contribution in [0.3, 0.4) is 0 Å². The highest BCUT2D eigenvalue weighted by Gasteiger charge is 2.34.